The SMILES string of the molecule is CCC(C)CN(C)c1c(N)ccc(F)c1F. The summed E-state index contributed by atoms with van der Waals surface area (Å²) in [5, 5.41) is 0. The number of anilines is 2. The van der Waals surface area contributed by atoms with Crippen LogP contribution in [-0.2, 0) is 0 Å². The van der Waals surface area contributed by atoms with Crippen LogP contribution in [-0.4, -0.2) is 13.6 Å². The number of rotatable bonds is 4. The van der Waals surface area contributed by atoms with Gasteiger partial charge < -0.3 is 10.6 Å². The first-order valence-corrected chi connectivity index (χ1v) is 5.42. The van der Waals surface area contributed by atoms with Gasteiger partial charge in [0.05, 0.1) is 11.4 Å². The van der Waals surface area contributed by atoms with Crippen molar-refractivity contribution in [2.24, 2.45) is 5.92 Å². The van der Waals surface area contributed by atoms with Gasteiger partial charge in [0, 0.05) is 13.6 Å². The van der Waals surface area contributed by atoms with Crippen LogP contribution in [0.5, 0.6) is 0 Å². The molecule has 0 amide bonds. The second-order valence-electron chi connectivity index (χ2n) is 4.19. The average Bonchev–Trinajstić information content (AvgIpc) is 2.24. The number of nitrogen functional groups attached to an aromatic ring is 1. The van der Waals surface area contributed by atoms with Crippen LogP contribution in [0.15, 0.2) is 12.1 Å². The number of hydrogen-bond acceptors (Lipinski definition) is 2. The molecule has 0 radical (unpaired) electrons. The average molecular weight is 228 g/mol. The molecule has 1 atom stereocenters. The minimum absolute atomic E-state index is 0.153. The summed E-state index contributed by atoms with van der Waals surface area (Å²) in [5.41, 5.74) is 6.08. The molecular weight excluding hydrogens is 210 g/mol. The van der Waals surface area contributed by atoms with E-state index < -0.39 is 11.6 Å². The standard InChI is InChI=1S/C12H18F2N2/c1-4-8(2)7-16(3)12-10(15)6-5-9(13)11(12)14/h5-6,8H,4,7,15H2,1-3H3. The maximum Gasteiger partial charge on any atom is 0.184 e. The molecule has 0 spiro atoms. The Labute approximate surface area is 95.1 Å². The van der Waals surface area contributed by atoms with Crippen LogP contribution in [0.4, 0.5) is 20.2 Å². The Hall–Kier alpha value is -1.32. The molecule has 0 heterocycles. The van der Waals surface area contributed by atoms with E-state index in [9.17, 15) is 8.78 Å². The zero-order valence-corrected chi connectivity index (χ0v) is 9.93. The van der Waals surface area contributed by atoms with Gasteiger partial charge in [0.1, 0.15) is 0 Å². The summed E-state index contributed by atoms with van der Waals surface area (Å²) in [5.74, 6) is -1.32. The van der Waals surface area contributed by atoms with Crippen LogP contribution in [0, 0.1) is 17.6 Å². The third-order valence-corrected chi connectivity index (χ3v) is 2.76. The summed E-state index contributed by atoms with van der Waals surface area (Å²) in [6.07, 6.45) is 0.987. The molecule has 0 aliphatic rings. The molecule has 1 aromatic carbocycles. The number of nitrogens with two attached hydrogens (primary N) is 1. The van der Waals surface area contributed by atoms with Crippen LogP contribution in [0.1, 0.15) is 20.3 Å². The van der Waals surface area contributed by atoms with E-state index in [1.54, 1.807) is 11.9 Å². The Morgan fingerprint density at radius 3 is 2.56 bits per heavy atom. The van der Waals surface area contributed by atoms with E-state index >= 15 is 0 Å². The quantitative estimate of drug-likeness (QED) is 0.803. The van der Waals surface area contributed by atoms with Gasteiger partial charge in [0.25, 0.3) is 0 Å². The van der Waals surface area contributed by atoms with Gasteiger partial charge in [-0.05, 0) is 18.1 Å². The topological polar surface area (TPSA) is 29.3 Å². The van der Waals surface area contributed by atoms with Crippen LogP contribution in [0.3, 0.4) is 0 Å². The molecule has 0 saturated carbocycles. The van der Waals surface area contributed by atoms with Crippen molar-refractivity contribution in [1.82, 2.24) is 0 Å². The van der Waals surface area contributed by atoms with E-state index in [1.165, 1.54) is 6.07 Å². The summed E-state index contributed by atoms with van der Waals surface area (Å²) in [4.78, 5) is 1.67. The Morgan fingerprint density at radius 1 is 1.38 bits per heavy atom. The second kappa shape index (κ2) is 5.14. The van der Waals surface area contributed by atoms with Gasteiger partial charge in [0.15, 0.2) is 11.6 Å². The maximum absolute atomic E-state index is 13.6. The van der Waals surface area contributed by atoms with Gasteiger partial charge in [0.2, 0.25) is 0 Å². The molecule has 90 valence electrons. The Kier molecular flexibility index (Phi) is 4.10. The zero-order valence-electron chi connectivity index (χ0n) is 9.93. The smallest absolute Gasteiger partial charge is 0.184 e. The molecule has 0 aromatic heterocycles. The predicted octanol–water partition coefficient (Wildman–Crippen LogP) is 3.03. The number of nitrogens with zero attached hydrogens (tertiary/aromatic N) is 1. The van der Waals surface area contributed by atoms with E-state index in [0.29, 0.717) is 12.5 Å². The second-order valence-corrected chi connectivity index (χ2v) is 4.19. The Balaban J connectivity index is 2.98. The van der Waals surface area contributed by atoms with Gasteiger partial charge >= 0.3 is 0 Å². The van der Waals surface area contributed by atoms with E-state index in [1.807, 2.05) is 0 Å². The van der Waals surface area contributed by atoms with Crippen molar-refractivity contribution in [3.05, 3.63) is 23.8 Å². The van der Waals surface area contributed by atoms with Crippen molar-refractivity contribution in [3.8, 4) is 0 Å². The first-order valence-electron chi connectivity index (χ1n) is 5.42. The highest BCUT2D eigenvalue weighted by atomic mass is 19.2. The molecule has 0 bridgehead atoms. The fourth-order valence-electron chi connectivity index (χ4n) is 1.63. The Bertz CT molecular complexity index is 366. The van der Waals surface area contributed by atoms with E-state index in [0.717, 1.165) is 12.5 Å². The first-order chi connectivity index (χ1) is 7.47. The van der Waals surface area contributed by atoms with Crippen molar-refractivity contribution < 1.29 is 8.78 Å². The van der Waals surface area contributed by atoms with Crippen molar-refractivity contribution in [3.63, 3.8) is 0 Å². The molecule has 0 fully saturated rings. The molecule has 1 unspecified atom stereocenters. The summed E-state index contributed by atoms with van der Waals surface area (Å²) in [7, 11) is 1.72. The third kappa shape index (κ3) is 2.62. The van der Waals surface area contributed by atoms with Crippen molar-refractivity contribution in [2.45, 2.75) is 20.3 Å². The first kappa shape index (κ1) is 12.7. The lowest BCUT2D eigenvalue weighted by Crippen LogP contribution is -2.25. The molecule has 0 aliphatic carbocycles. The summed E-state index contributed by atoms with van der Waals surface area (Å²) >= 11 is 0. The normalized spacial score (nSPS) is 12.6. The minimum atomic E-state index is -0.870. The minimum Gasteiger partial charge on any atom is -0.397 e. The molecule has 0 saturated heterocycles. The van der Waals surface area contributed by atoms with Crippen LogP contribution in [0.25, 0.3) is 0 Å². The summed E-state index contributed by atoms with van der Waals surface area (Å²) < 4.78 is 26.7. The van der Waals surface area contributed by atoms with Gasteiger partial charge in [-0.3, -0.25) is 0 Å². The van der Waals surface area contributed by atoms with Gasteiger partial charge in [-0.2, -0.15) is 0 Å². The molecule has 2 N–H and O–H groups in total. The van der Waals surface area contributed by atoms with E-state index in [2.05, 4.69) is 13.8 Å². The number of benzene rings is 1. The number of hydrogen-bond donors (Lipinski definition) is 1. The van der Waals surface area contributed by atoms with Crippen molar-refractivity contribution >= 4 is 11.4 Å². The fourth-order valence-corrected chi connectivity index (χ4v) is 1.63. The zero-order chi connectivity index (χ0) is 12.3. The van der Waals surface area contributed by atoms with Crippen LogP contribution < -0.4 is 10.6 Å². The van der Waals surface area contributed by atoms with E-state index in [-0.39, 0.29) is 11.4 Å². The lowest BCUT2D eigenvalue weighted by atomic mass is 10.1. The summed E-state index contributed by atoms with van der Waals surface area (Å²) in [6, 6.07) is 2.44. The van der Waals surface area contributed by atoms with Crippen LogP contribution in [0.2, 0.25) is 0 Å². The Morgan fingerprint density at radius 2 is 2.00 bits per heavy atom. The molecule has 4 heteroatoms. The maximum atomic E-state index is 13.6. The lowest BCUT2D eigenvalue weighted by Gasteiger charge is -2.24. The lowest BCUT2D eigenvalue weighted by molar-refractivity contribution is 0.501. The predicted molar refractivity (Wildman–Crippen MR) is 63.5 cm³/mol. The highest BCUT2D eigenvalue weighted by Crippen LogP contribution is 2.28. The van der Waals surface area contributed by atoms with Gasteiger partial charge in [-0.1, -0.05) is 20.3 Å². The molecule has 1 rings (SSSR count). The highest BCUT2D eigenvalue weighted by Gasteiger charge is 2.16. The molecule has 1 aromatic rings. The van der Waals surface area contributed by atoms with Crippen molar-refractivity contribution in [2.75, 3.05) is 24.2 Å². The van der Waals surface area contributed by atoms with E-state index in [4.69, 9.17) is 5.73 Å². The fraction of sp³-hybridized carbons (Fsp3) is 0.500. The monoisotopic (exact) mass is 228 g/mol. The van der Waals surface area contributed by atoms with Gasteiger partial charge in [-0.25, -0.2) is 8.78 Å². The molecule has 0 aliphatic heterocycles. The highest BCUT2D eigenvalue weighted by molar-refractivity contribution is 5.68. The van der Waals surface area contributed by atoms with Crippen molar-refractivity contribution in [1.29, 1.82) is 0 Å². The largest absolute Gasteiger partial charge is 0.397 e. The van der Waals surface area contributed by atoms with Gasteiger partial charge in [-0.15, -0.1) is 0 Å². The molecule has 16 heavy (non-hydrogen) atoms. The number of halogens is 2. The summed E-state index contributed by atoms with van der Waals surface area (Å²) in [6.45, 7) is 4.77. The van der Waals surface area contributed by atoms with Crippen LogP contribution >= 0.6 is 0 Å². The molecule has 2 nitrogen and oxygen atoms in total. The third-order valence-electron chi connectivity index (χ3n) is 2.76. The molecular formula is C12H18F2N2.